The van der Waals surface area contributed by atoms with E-state index in [-0.39, 0.29) is 9.93 Å². The van der Waals surface area contributed by atoms with E-state index < -0.39 is 12.0 Å². The number of nitrogens with one attached hydrogen (secondary N) is 1. The third kappa shape index (κ3) is 3.34. The van der Waals surface area contributed by atoms with Crippen LogP contribution < -0.4 is 0 Å². The van der Waals surface area contributed by atoms with Crippen molar-refractivity contribution in [1.29, 1.82) is 0 Å². The van der Waals surface area contributed by atoms with Crippen molar-refractivity contribution in [3.8, 4) is 11.3 Å². The largest absolute Gasteiger partial charge is 0.451 e. The van der Waals surface area contributed by atoms with Crippen LogP contribution in [0, 0.1) is 4.77 Å². The van der Waals surface area contributed by atoms with Crippen LogP contribution in [-0.4, -0.2) is 24.7 Å². The molecule has 1 N–H and O–H groups in total. The van der Waals surface area contributed by atoms with Crippen LogP contribution in [0.1, 0.15) is 5.82 Å². The van der Waals surface area contributed by atoms with Gasteiger partial charge in [0, 0.05) is 13.2 Å². The summed E-state index contributed by atoms with van der Waals surface area (Å²) in [4.78, 5) is 7.57. The molecule has 5 nitrogen and oxygen atoms in total. The van der Waals surface area contributed by atoms with Crippen LogP contribution in [0.2, 0.25) is 0 Å². The van der Waals surface area contributed by atoms with Gasteiger partial charge in [0.2, 0.25) is 5.82 Å². The van der Waals surface area contributed by atoms with E-state index in [2.05, 4.69) is 20.2 Å². The average Bonchev–Trinajstić information content (AvgIpc) is 2.91. The zero-order valence-corrected chi connectivity index (χ0v) is 13.8. The standard InChI is InChI=1S/C14H10F3N5S2/c1-22-11(14(15,16)17)20-21-13(22)24-9-7-18-12(23)19-10(9)8-5-3-2-4-6-8/h2-7H,1H3,(H,18,19,23). The molecule has 0 bridgehead atoms. The molecule has 10 heteroatoms. The van der Waals surface area contributed by atoms with Crippen molar-refractivity contribution in [3.05, 3.63) is 47.1 Å². The first-order valence-corrected chi connectivity index (χ1v) is 7.88. The minimum Gasteiger partial charge on any atom is -0.329 e. The molecule has 0 atom stereocenters. The lowest BCUT2D eigenvalue weighted by Gasteiger charge is -2.09. The summed E-state index contributed by atoms with van der Waals surface area (Å²) in [6.45, 7) is 0. The van der Waals surface area contributed by atoms with Crippen LogP contribution in [0.3, 0.4) is 0 Å². The van der Waals surface area contributed by atoms with Crippen molar-refractivity contribution in [2.45, 2.75) is 16.2 Å². The number of hydrogen-bond donors (Lipinski definition) is 1. The molecule has 0 saturated carbocycles. The van der Waals surface area contributed by atoms with Gasteiger partial charge in [-0.3, -0.25) is 0 Å². The summed E-state index contributed by atoms with van der Waals surface area (Å²) in [6, 6.07) is 9.30. The number of benzene rings is 1. The highest BCUT2D eigenvalue weighted by Crippen LogP contribution is 2.35. The number of nitrogens with zero attached hydrogens (tertiary/aromatic N) is 4. The molecule has 0 aliphatic carbocycles. The van der Waals surface area contributed by atoms with Gasteiger partial charge in [0.05, 0.1) is 10.6 Å². The molecule has 24 heavy (non-hydrogen) atoms. The summed E-state index contributed by atoms with van der Waals surface area (Å²) >= 11 is 6.08. The van der Waals surface area contributed by atoms with Crippen LogP contribution in [-0.2, 0) is 13.2 Å². The molecule has 0 unspecified atom stereocenters. The molecule has 0 fully saturated rings. The highest BCUT2D eigenvalue weighted by atomic mass is 32.2. The topological polar surface area (TPSA) is 59.4 Å². The van der Waals surface area contributed by atoms with Crippen molar-refractivity contribution in [3.63, 3.8) is 0 Å². The molecule has 0 radical (unpaired) electrons. The van der Waals surface area contributed by atoms with Crippen molar-refractivity contribution >= 4 is 24.0 Å². The van der Waals surface area contributed by atoms with E-state index in [0.717, 1.165) is 21.9 Å². The second-order valence-corrected chi connectivity index (χ2v) is 6.15. The zero-order valence-electron chi connectivity index (χ0n) is 12.2. The highest BCUT2D eigenvalue weighted by molar-refractivity contribution is 7.99. The Bertz CT molecular complexity index is 918. The zero-order chi connectivity index (χ0) is 17.3. The Morgan fingerprint density at radius 2 is 1.88 bits per heavy atom. The van der Waals surface area contributed by atoms with Crippen molar-refractivity contribution in [2.75, 3.05) is 0 Å². The van der Waals surface area contributed by atoms with Gasteiger partial charge in [0.15, 0.2) is 9.93 Å². The van der Waals surface area contributed by atoms with Crippen molar-refractivity contribution < 1.29 is 13.2 Å². The molecule has 1 aromatic carbocycles. The lowest BCUT2D eigenvalue weighted by molar-refractivity contribution is -0.147. The predicted octanol–water partition coefficient (Wildman–Crippen LogP) is 4.10. The maximum absolute atomic E-state index is 12.8. The second-order valence-electron chi connectivity index (χ2n) is 4.76. The monoisotopic (exact) mass is 369 g/mol. The first-order valence-electron chi connectivity index (χ1n) is 6.65. The van der Waals surface area contributed by atoms with E-state index in [9.17, 15) is 13.2 Å². The highest BCUT2D eigenvalue weighted by Gasteiger charge is 2.37. The van der Waals surface area contributed by atoms with E-state index in [1.54, 1.807) is 0 Å². The molecule has 3 aromatic rings. The maximum atomic E-state index is 12.8. The summed E-state index contributed by atoms with van der Waals surface area (Å²) in [5.41, 5.74) is 1.50. The van der Waals surface area contributed by atoms with Gasteiger partial charge >= 0.3 is 6.18 Å². The van der Waals surface area contributed by atoms with Crippen LogP contribution in [0.15, 0.2) is 46.6 Å². The molecule has 3 rings (SSSR count). The van der Waals surface area contributed by atoms with E-state index in [0.29, 0.717) is 10.6 Å². The molecule has 124 valence electrons. The predicted molar refractivity (Wildman–Crippen MR) is 85.0 cm³/mol. The van der Waals surface area contributed by atoms with Crippen LogP contribution in [0.4, 0.5) is 13.2 Å². The molecule has 0 aliphatic rings. The minimum atomic E-state index is -4.56. The van der Waals surface area contributed by atoms with Crippen LogP contribution in [0.25, 0.3) is 11.3 Å². The number of alkyl halides is 3. The Morgan fingerprint density at radius 1 is 1.17 bits per heavy atom. The van der Waals surface area contributed by atoms with Gasteiger partial charge in [0.1, 0.15) is 0 Å². The number of H-pyrrole nitrogens is 1. The minimum absolute atomic E-state index is 0.104. The molecule has 0 saturated heterocycles. The van der Waals surface area contributed by atoms with Gasteiger partial charge in [-0.1, -0.05) is 30.3 Å². The molecule has 2 aromatic heterocycles. The lowest BCUT2D eigenvalue weighted by Crippen LogP contribution is -2.12. The van der Waals surface area contributed by atoms with E-state index in [4.69, 9.17) is 12.2 Å². The normalized spacial score (nSPS) is 11.7. The third-order valence-electron chi connectivity index (χ3n) is 3.13. The number of aromatic amines is 1. The quantitative estimate of drug-likeness (QED) is 0.704. The molecule has 2 heterocycles. The molecular weight excluding hydrogens is 359 g/mol. The number of rotatable bonds is 3. The summed E-state index contributed by atoms with van der Waals surface area (Å²) in [5.74, 6) is -1.05. The van der Waals surface area contributed by atoms with Crippen molar-refractivity contribution in [2.24, 2.45) is 7.05 Å². The smallest absolute Gasteiger partial charge is 0.329 e. The summed E-state index contributed by atoms with van der Waals surface area (Å²) in [5, 5.41) is 6.95. The van der Waals surface area contributed by atoms with Gasteiger partial charge in [-0.15, -0.1) is 10.2 Å². The fourth-order valence-corrected chi connectivity index (χ4v) is 3.06. The Labute approximate surface area is 144 Å². The first-order chi connectivity index (χ1) is 11.4. The number of hydrogen-bond acceptors (Lipinski definition) is 5. The average molecular weight is 369 g/mol. The maximum Gasteiger partial charge on any atom is 0.451 e. The summed E-state index contributed by atoms with van der Waals surface area (Å²) in [6.07, 6.45) is -3.05. The Balaban J connectivity index is 2.03. The van der Waals surface area contributed by atoms with Gasteiger partial charge in [0.25, 0.3) is 0 Å². The van der Waals surface area contributed by atoms with Crippen LogP contribution >= 0.6 is 24.0 Å². The number of aromatic nitrogens is 5. The van der Waals surface area contributed by atoms with E-state index in [1.165, 1.54) is 13.2 Å². The first kappa shape index (κ1) is 16.7. The van der Waals surface area contributed by atoms with Gasteiger partial charge < -0.3 is 9.55 Å². The number of halogens is 3. The molecular formula is C14H10F3N5S2. The lowest BCUT2D eigenvalue weighted by atomic mass is 10.1. The van der Waals surface area contributed by atoms with E-state index in [1.807, 2.05) is 30.3 Å². The summed E-state index contributed by atoms with van der Waals surface area (Å²) < 4.78 is 39.7. The van der Waals surface area contributed by atoms with Gasteiger partial charge in [-0.05, 0) is 29.5 Å². The Morgan fingerprint density at radius 3 is 2.50 bits per heavy atom. The Hall–Kier alpha value is -2.20. The molecule has 0 spiro atoms. The van der Waals surface area contributed by atoms with Gasteiger partial charge in [-0.25, -0.2) is 4.98 Å². The van der Waals surface area contributed by atoms with Gasteiger partial charge in [-0.2, -0.15) is 13.2 Å². The van der Waals surface area contributed by atoms with E-state index >= 15 is 0 Å². The fourth-order valence-electron chi connectivity index (χ4n) is 2.03. The third-order valence-corrected chi connectivity index (χ3v) is 4.40. The van der Waals surface area contributed by atoms with Crippen molar-refractivity contribution in [1.82, 2.24) is 24.7 Å². The molecule has 0 amide bonds. The fraction of sp³-hybridized carbons (Fsp3) is 0.143. The SMILES string of the molecule is Cn1c(Sc2cnc(=S)[nH]c2-c2ccccc2)nnc1C(F)(F)F. The second kappa shape index (κ2) is 6.36. The Kier molecular flexibility index (Phi) is 4.41. The molecule has 0 aliphatic heterocycles. The summed E-state index contributed by atoms with van der Waals surface area (Å²) in [7, 11) is 1.27. The van der Waals surface area contributed by atoms with Crippen LogP contribution in [0.5, 0.6) is 0 Å².